The highest BCUT2D eigenvalue weighted by Crippen LogP contribution is 2.38. The number of aromatic nitrogens is 3. The average molecular weight is 356 g/mol. The van der Waals surface area contributed by atoms with E-state index in [4.69, 9.17) is 9.47 Å². The van der Waals surface area contributed by atoms with Gasteiger partial charge in [-0.05, 0) is 44.2 Å². The van der Waals surface area contributed by atoms with Crippen LogP contribution in [0.25, 0.3) is 0 Å². The molecule has 0 amide bonds. The van der Waals surface area contributed by atoms with Gasteiger partial charge in [-0.1, -0.05) is 6.07 Å². The molecule has 0 saturated carbocycles. The molecule has 0 N–H and O–H groups in total. The van der Waals surface area contributed by atoms with Crippen molar-refractivity contribution in [3.63, 3.8) is 0 Å². The predicted octanol–water partition coefficient (Wildman–Crippen LogP) is 2.57. The van der Waals surface area contributed by atoms with Crippen molar-refractivity contribution in [3.05, 3.63) is 41.9 Å². The van der Waals surface area contributed by atoms with Crippen molar-refractivity contribution in [1.29, 1.82) is 0 Å². The van der Waals surface area contributed by atoms with E-state index in [1.807, 2.05) is 36.9 Å². The van der Waals surface area contributed by atoms with E-state index in [1.165, 1.54) is 5.69 Å². The summed E-state index contributed by atoms with van der Waals surface area (Å²) < 4.78 is 13.9. The van der Waals surface area contributed by atoms with Crippen LogP contribution in [0.5, 0.6) is 5.88 Å². The fourth-order valence-corrected chi connectivity index (χ4v) is 4.28. The Morgan fingerprint density at radius 2 is 2.23 bits per heavy atom. The number of pyridine rings is 1. The second-order valence-corrected chi connectivity index (χ2v) is 7.74. The van der Waals surface area contributed by atoms with Crippen molar-refractivity contribution >= 4 is 0 Å². The summed E-state index contributed by atoms with van der Waals surface area (Å²) in [5, 5.41) is 4.44. The molecular formula is C20H28N4O2. The van der Waals surface area contributed by atoms with Gasteiger partial charge in [-0.15, -0.1) is 0 Å². The van der Waals surface area contributed by atoms with Crippen molar-refractivity contribution in [2.24, 2.45) is 13.0 Å². The van der Waals surface area contributed by atoms with E-state index in [9.17, 15) is 0 Å². The van der Waals surface area contributed by atoms with Gasteiger partial charge in [-0.25, -0.2) is 4.98 Å². The van der Waals surface area contributed by atoms with Crippen LogP contribution in [0.3, 0.4) is 0 Å². The third-order valence-electron chi connectivity index (χ3n) is 5.52. The summed E-state index contributed by atoms with van der Waals surface area (Å²) in [6.07, 6.45) is 5.11. The van der Waals surface area contributed by atoms with Gasteiger partial charge in [0.1, 0.15) is 0 Å². The molecule has 2 aliphatic rings. The van der Waals surface area contributed by atoms with Gasteiger partial charge in [-0.3, -0.25) is 9.58 Å². The lowest BCUT2D eigenvalue weighted by Crippen LogP contribution is -2.64. The molecule has 0 aromatic carbocycles. The highest BCUT2D eigenvalue weighted by molar-refractivity contribution is 5.11. The number of rotatable bonds is 6. The van der Waals surface area contributed by atoms with Crippen molar-refractivity contribution in [2.45, 2.75) is 38.3 Å². The molecule has 26 heavy (non-hydrogen) atoms. The highest BCUT2D eigenvalue weighted by atomic mass is 16.5. The Morgan fingerprint density at radius 1 is 1.35 bits per heavy atom. The van der Waals surface area contributed by atoms with Crippen molar-refractivity contribution in [1.82, 2.24) is 19.7 Å². The number of nitrogens with zero attached hydrogens (tertiary/aromatic N) is 4. The topological polar surface area (TPSA) is 52.4 Å². The summed E-state index contributed by atoms with van der Waals surface area (Å²) in [6.45, 7) is 6.64. The van der Waals surface area contributed by atoms with Gasteiger partial charge in [0.25, 0.3) is 0 Å². The first-order valence-corrected chi connectivity index (χ1v) is 9.52. The van der Waals surface area contributed by atoms with Crippen LogP contribution in [0.4, 0.5) is 0 Å². The zero-order chi connectivity index (χ0) is 18.0. The van der Waals surface area contributed by atoms with E-state index in [0.29, 0.717) is 5.92 Å². The standard InChI is InChI=1S/C20H28N4O2/c1-16-11-18(23(2)22-16)13-24-14-20(15-24)12-17(7-10-26-20)6-9-25-19-5-3-4-8-21-19/h3-5,8,11,17H,6-7,9-10,12-15H2,1-2H3/t17-/m0/s1. The normalized spacial score (nSPS) is 22.3. The zero-order valence-corrected chi connectivity index (χ0v) is 15.7. The molecule has 0 aliphatic carbocycles. The van der Waals surface area contributed by atoms with Crippen molar-refractivity contribution in [2.75, 3.05) is 26.3 Å². The monoisotopic (exact) mass is 356 g/mol. The van der Waals surface area contributed by atoms with Gasteiger partial charge in [-0.2, -0.15) is 5.10 Å². The summed E-state index contributed by atoms with van der Waals surface area (Å²) in [6, 6.07) is 7.95. The molecule has 0 bridgehead atoms. The minimum absolute atomic E-state index is 0.0571. The van der Waals surface area contributed by atoms with E-state index < -0.39 is 0 Å². The van der Waals surface area contributed by atoms with E-state index >= 15 is 0 Å². The Balaban J connectivity index is 1.23. The quantitative estimate of drug-likeness (QED) is 0.796. The summed E-state index contributed by atoms with van der Waals surface area (Å²) >= 11 is 0. The second-order valence-electron chi connectivity index (χ2n) is 7.74. The smallest absolute Gasteiger partial charge is 0.213 e. The number of hydrogen-bond donors (Lipinski definition) is 0. The van der Waals surface area contributed by atoms with E-state index in [-0.39, 0.29) is 5.60 Å². The molecule has 4 heterocycles. The lowest BCUT2D eigenvalue weighted by molar-refractivity contribution is -0.182. The number of hydrogen-bond acceptors (Lipinski definition) is 5. The van der Waals surface area contributed by atoms with Crippen LogP contribution in [0.1, 0.15) is 30.7 Å². The molecule has 6 nitrogen and oxygen atoms in total. The zero-order valence-electron chi connectivity index (χ0n) is 15.7. The minimum Gasteiger partial charge on any atom is -0.478 e. The van der Waals surface area contributed by atoms with Gasteiger partial charge in [0.15, 0.2) is 0 Å². The third kappa shape index (κ3) is 3.91. The lowest BCUT2D eigenvalue weighted by Gasteiger charge is -2.53. The predicted molar refractivity (Wildman–Crippen MR) is 99.0 cm³/mol. The molecule has 6 heteroatoms. The van der Waals surface area contributed by atoms with E-state index in [1.54, 1.807) is 6.20 Å². The Kier molecular flexibility index (Phi) is 4.96. The Hall–Kier alpha value is -1.92. The fraction of sp³-hybridized carbons (Fsp3) is 0.600. The Morgan fingerprint density at radius 3 is 2.96 bits per heavy atom. The van der Waals surface area contributed by atoms with Crippen molar-refractivity contribution in [3.8, 4) is 5.88 Å². The maximum atomic E-state index is 6.18. The first-order chi connectivity index (χ1) is 12.6. The lowest BCUT2D eigenvalue weighted by atomic mass is 9.79. The summed E-state index contributed by atoms with van der Waals surface area (Å²) in [4.78, 5) is 6.68. The molecule has 1 atom stereocenters. The van der Waals surface area contributed by atoms with Crippen LogP contribution in [0.15, 0.2) is 30.5 Å². The van der Waals surface area contributed by atoms with Gasteiger partial charge < -0.3 is 9.47 Å². The molecule has 2 aromatic heterocycles. The number of aryl methyl sites for hydroxylation is 2. The van der Waals surface area contributed by atoms with Crippen LogP contribution in [-0.4, -0.2) is 51.6 Å². The Labute approximate surface area is 155 Å². The number of likely N-dealkylation sites (tertiary alicyclic amines) is 1. The molecule has 4 rings (SSSR count). The summed E-state index contributed by atoms with van der Waals surface area (Å²) in [5.74, 6) is 1.39. The van der Waals surface area contributed by atoms with Gasteiger partial charge >= 0.3 is 0 Å². The molecule has 0 unspecified atom stereocenters. The maximum Gasteiger partial charge on any atom is 0.213 e. The first kappa shape index (κ1) is 17.5. The molecular weight excluding hydrogens is 328 g/mol. The molecule has 2 aromatic rings. The van der Waals surface area contributed by atoms with Gasteiger partial charge in [0.2, 0.25) is 5.88 Å². The van der Waals surface area contributed by atoms with Crippen molar-refractivity contribution < 1.29 is 9.47 Å². The molecule has 2 aliphatic heterocycles. The Bertz CT molecular complexity index is 725. The van der Waals surface area contributed by atoms with E-state index in [2.05, 4.69) is 21.0 Å². The molecule has 0 radical (unpaired) electrons. The first-order valence-electron chi connectivity index (χ1n) is 9.52. The molecule has 140 valence electrons. The van der Waals surface area contributed by atoms with Crippen LogP contribution >= 0.6 is 0 Å². The van der Waals surface area contributed by atoms with Crippen LogP contribution in [-0.2, 0) is 18.3 Å². The second kappa shape index (κ2) is 7.37. The highest BCUT2D eigenvalue weighted by Gasteiger charge is 2.47. The third-order valence-corrected chi connectivity index (χ3v) is 5.52. The van der Waals surface area contributed by atoms with Crippen LogP contribution in [0.2, 0.25) is 0 Å². The SMILES string of the molecule is Cc1cc(CN2CC3(C[C@@H](CCOc4ccccn4)CCO3)C2)n(C)n1. The fourth-order valence-electron chi connectivity index (χ4n) is 4.28. The molecule has 2 saturated heterocycles. The number of ether oxygens (including phenoxy) is 2. The molecule has 2 fully saturated rings. The minimum atomic E-state index is 0.0571. The summed E-state index contributed by atoms with van der Waals surface area (Å²) in [5.41, 5.74) is 2.41. The average Bonchev–Trinajstić information content (AvgIpc) is 2.92. The van der Waals surface area contributed by atoms with Crippen LogP contribution < -0.4 is 4.74 Å². The van der Waals surface area contributed by atoms with Crippen LogP contribution in [0, 0.1) is 12.8 Å². The van der Waals surface area contributed by atoms with E-state index in [0.717, 1.165) is 63.7 Å². The van der Waals surface area contributed by atoms with Gasteiger partial charge in [0, 0.05) is 45.6 Å². The maximum absolute atomic E-state index is 6.18. The molecule has 1 spiro atoms. The largest absolute Gasteiger partial charge is 0.478 e. The summed E-state index contributed by atoms with van der Waals surface area (Å²) in [7, 11) is 2.02. The van der Waals surface area contributed by atoms with Gasteiger partial charge in [0.05, 0.1) is 23.6 Å².